The highest BCUT2D eigenvalue weighted by Crippen LogP contribution is 2.21. The lowest BCUT2D eigenvalue weighted by Crippen LogP contribution is -2.30. The maximum absolute atomic E-state index is 11.9. The van der Waals surface area contributed by atoms with Gasteiger partial charge >= 0.3 is 6.18 Å². The quantitative estimate of drug-likeness (QED) is 0.874. The van der Waals surface area contributed by atoms with Crippen LogP contribution in [0.1, 0.15) is 6.42 Å². The maximum atomic E-state index is 11.9. The predicted molar refractivity (Wildman–Crippen MR) is 49.1 cm³/mol. The first-order chi connectivity index (χ1) is 7.23. The van der Waals surface area contributed by atoms with Gasteiger partial charge in [-0.3, -0.25) is 5.10 Å². The third-order valence-corrected chi connectivity index (χ3v) is 3.66. The van der Waals surface area contributed by atoms with Crippen LogP contribution in [0.4, 0.5) is 13.2 Å². The van der Waals surface area contributed by atoms with E-state index in [4.69, 9.17) is 0 Å². The zero-order valence-corrected chi connectivity index (χ0v) is 9.14. The van der Waals surface area contributed by atoms with E-state index >= 15 is 0 Å². The molecule has 0 atom stereocenters. The molecule has 1 N–H and O–H groups in total. The predicted octanol–water partition coefficient (Wildman–Crippen LogP) is 0.983. The summed E-state index contributed by atoms with van der Waals surface area (Å²) < 4.78 is 59.5. The Morgan fingerprint density at radius 2 is 2.12 bits per heavy atom. The van der Waals surface area contributed by atoms with Gasteiger partial charge < -0.3 is 0 Å². The molecule has 0 unspecified atom stereocenters. The molecular formula is C7H10F3N3O2S. The second kappa shape index (κ2) is 4.42. The van der Waals surface area contributed by atoms with Crippen LogP contribution in [-0.4, -0.2) is 42.7 Å². The number of halogens is 3. The molecule has 0 saturated heterocycles. The molecular weight excluding hydrogens is 247 g/mol. The lowest BCUT2D eigenvalue weighted by atomic mass is 10.4. The van der Waals surface area contributed by atoms with Crippen molar-refractivity contribution >= 4 is 10.0 Å². The van der Waals surface area contributed by atoms with E-state index in [1.165, 1.54) is 12.3 Å². The summed E-state index contributed by atoms with van der Waals surface area (Å²) >= 11 is 0. The van der Waals surface area contributed by atoms with Crippen LogP contribution in [0.25, 0.3) is 0 Å². The Bertz CT molecular complexity index is 426. The largest absolute Gasteiger partial charge is 0.390 e. The number of rotatable bonds is 4. The Kier molecular flexibility index (Phi) is 3.58. The first kappa shape index (κ1) is 13.0. The normalized spacial score (nSPS) is 13.3. The summed E-state index contributed by atoms with van der Waals surface area (Å²) in [6.07, 6.45) is -4.35. The Morgan fingerprint density at radius 3 is 2.56 bits per heavy atom. The molecule has 0 bridgehead atoms. The molecule has 0 aromatic carbocycles. The van der Waals surface area contributed by atoms with Crippen LogP contribution in [0.15, 0.2) is 17.3 Å². The monoisotopic (exact) mass is 257 g/mol. The van der Waals surface area contributed by atoms with E-state index < -0.39 is 29.2 Å². The van der Waals surface area contributed by atoms with E-state index in [1.807, 2.05) is 0 Å². The minimum absolute atomic E-state index is 0.225. The van der Waals surface area contributed by atoms with Crippen molar-refractivity contribution in [1.29, 1.82) is 0 Å². The van der Waals surface area contributed by atoms with Crippen LogP contribution in [0.2, 0.25) is 0 Å². The van der Waals surface area contributed by atoms with E-state index in [9.17, 15) is 21.6 Å². The summed E-state index contributed by atoms with van der Waals surface area (Å²) in [5.74, 6) is 0. The van der Waals surface area contributed by atoms with Gasteiger partial charge in [0.05, 0.1) is 12.6 Å². The van der Waals surface area contributed by atoms with Crippen LogP contribution in [0.5, 0.6) is 0 Å². The number of nitrogens with one attached hydrogen (secondary N) is 1. The highest BCUT2D eigenvalue weighted by molar-refractivity contribution is 7.89. The Balaban J connectivity index is 2.71. The van der Waals surface area contributed by atoms with Crippen LogP contribution in [0.3, 0.4) is 0 Å². The molecule has 1 aromatic rings. The number of aromatic amines is 1. The fourth-order valence-corrected chi connectivity index (χ4v) is 2.03. The average Bonchev–Trinajstić information content (AvgIpc) is 2.65. The topological polar surface area (TPSA) is 66.1 Å². The molecule has 0 spiro atoms. The van der Waals surface area contributed by atoms with Gasteiger partial charge in [-0.2, -0.15) is 22.6 Å². The molecule has 5 nitrogen and oxygen atoms in total. The first-order valence-corrected chi connectivity index (χ1v) is 5.70. The third kappa shape index (κ3) is 3.20. The number of aromatic nitrogens is 2. The molecule has 0 amide bonds. The summed E-state index contributed by atoms with van der Waals surface area (Å²) in [5, 5.41) is 5.40. The van der Waals surface area contributed by atoms with E-state index in [0.717, 1.165) is 7.05 Å². The average molecular weight is 257 g/mol. The van der Waals surface area contributed by atoms with Gasteiger partial charge in [-0.05, 0) is 6.07 Å². The molecule has 9 heteroatoms. The van der Waals surface area contributed by atoms with Gasteiger partial charge in [0.25, 0.3) is 10.0 Å². The SMILES string of the molecule is CN(CCC(F)(F)F)S(=O)(=O)c1ccn[nH]1. The number of alkyl halides is 3. The zero-order valence-electron chi connectivity index (χ0n) is 8.32. The van der Waals surface area contributed by atoms with E-state index in [1.54, 1.807) is 0 Å². The minimum atomic E-state index is -4.38. The van der Waals surface area contributed by atoms with Crippen molar-refractivity contribution in [3.8, 4) is 0 Å². The molecule has 92 valence electrons. The van der Waals surface area contributed by atoms with E-state index in [2.05, 4.69) is 10.2 Å². The van der Waals surface area contributed by atoms with Gasteiger partial charge in [-0.25, -0.2) is 8.42 Å². The summed E-state index contributed by atoms with van der Waals surface area (Å²) in [6.45, 7) is -0.620. The molecule has 0 radical (unpaired) electrons. The smallest absolute Gasteiger partial charge is 0.266 e. The molecule has 16 heavy (non-hydrogen) atoms. The summed E-state index contributed by atoms with van der Waals surface area (Å²) in [5.41, 5.74) is 0. The molecule has 1 heterocycles. The fraction of sp³-hybridized carbons (Fsp3) is 0.571. The Hall–Kier alpha value is -1.09. The van der Waals surface area contributed by atoms with Crippen LogP contribution >= 0.6 is 0 Å². The number of hydrogen-bond acceptors (Lipinski definition) is 3. The summed E-state index contributed by atoms with van der Waals surface area (Å²) in [6, 6.07) is 1.18. The number of H-pyrrole nitrogens is 1. The number of hydrogen-bond donors (Lipinski definition) is 1. The highest BCUT2D eigenvalue weighted by atomic mass is 32.2. The lowest BCUT2D eigenvalue weighted by Gasteiger charge is -2.16. The van der Waals surface area contributed by atoms with E-state index in [-0.39, 0.29) is 5.03 Å². The van der Waals surface area contributed by atoms with Crippen LogP contribution in [0, 0.1) is 0 Å². The van der Waals surface area contributed by atoms with Crippen LogP contribution < -0.4 is 0 Å². The van der Waals surface area contributed by atoms with Gasteiger partial charge in [0.2, 0.25) is 0 Å². The van der Waals surface area contributed by atoms with Gasteiger partial charge in [0.15, 0.2) is 5.03 Å². The first-order valence-electron chi connectivity index (χ1n) is 4.26. The molecule has 0 fully saturated rings. The number of sulfonamides is 1. The summed E-state index contributed by atoms with van der Waals surface area (Å²) in [7, 11) is -2.82. The Morgan fingerprint density at radius 1 is 1.50 bits per heavy atom. The van der Waals surface area contributed by atoms with Gasteiger partial charge in [0.1, 0.15) is 0 Å². The molecule has 0 aliphatic heterocycles. The fourth-order valence-electron chi connectivity index (χ4n) is 0.959. The molecule has 1 rings (SSSR count). The zero-order chi connectivity index (χ0) is 12.4. The molecule has 1 aromatic heterocycles. The van der Waals surface area contributed by atoms with E-state index in [0.29, 0.717) is 4.31 Å². The van der Waals surface area contributed by atoms with Crippen molar-refractivity contribution in [2.75, 3.05) is 13.6 Å². The van der Waals surface area contributed by atoms with Crippen LogP contribution in [-0.2, 0) is 10.0 Å². The molecule has 0 aliphatic rings. The van der Waals surface area contributed by atoms with Gasteiger partial charge in [0, 0.05) is 13.6 Å². The third-order valence-electron chi connectivity index (χ3n) is 1.87. The second-order valence-corrected chi connectivity index (χ2v) is 5.13. The lowest BCUT2D eigenvalue weighted by molar-refractivity contribution is -0.135. The Labute approximate surface area is 90.3 Å². The number of nitrogens with zero attached hydrogens (tertiary/aromatic N) is 2. The van der Waals surface area contributed by atoms with Crippen molar-refractivity contribution < 1.29 is 21.6 Å². The van der Waals surface area contributed by atoms with Crippen molar-refractivity contribution in [3.63, 3.8) is 0 Å². The standard InChI is InChI=1S/C7H10F3N3O2S/c1-13(5-3-7(8,9)10)16(14,15)6-2-4-11-12-6/h2,4H,3,5H2,1H3,(H,11,12). The van der Waals surface area contributed by atoms with Crippen molar-refractivity contribution in [1.82, 2.24) is 14.5 Å². The molecule has 0 saturated carbocycles. The van der Waals surface area contributed by atoms with Crippen molar-refractivity contribution in [3.05, 3.63) is 12.3 Å². The maximum Gasteiger partial charge on any atom is 0.390 e. The summed E-state index contributed by atoms with van der Waals surface area (Å²) in [4.78, 5) is 0. The minimum Gasteiger partial charge on any atom is -0.266 e. The van der Waals surface area contributed by atoms with Crippen molar-refractivity contribution in [2.24, 2.45) is 0 Å². The van der Waals surface area contributed by atoms with Gasteiger partial charge in [-0.15, -0.1) is 0 Å². The second-order valence-electron chi connectivity index (χ2n) is 3.11. The van der Waals surface area contributed by atoms with Gasteiger partial charge in [-0.1, -0.05) is 0 Å². The highest BCUT2D eigenvalue weighted by Gasteiger charge is 2.30. The molecule has 0 aliphatic carbocycles. The van der Waals surface area contributed by atoms with Crippen molar-refractivity contribution in [2.45, 2.75) is 17.6 Å².